The summed E-state index contributed by atoms with van der Waals surface area (Å²) in [6, 6.07) is 0. The molecule has 1 N–H and O–H groups in total. The Bertz CT molecular complexity index is 267. The van der Waals surface area contributed by atoms with Crippen molar-refractivity contribution in [3.63, 3.8) is 0 Å². The van der Waals surface area contributed by atoms with E-state index in [1.807, 2.05) is 0 Å². The summed E-state index contributed by atoms with van der Waals surface area (Å²) in [4.78, 5) is 11.3. The van der Waals surface area contributed by atoms with Crippen molar-refractivity contribution >= 4 is 15.6 Å². The zero-order valence-corrected chi connectivity index (χ0v) is 8.22. The molecular weight excluding hydrogens is 192 g/mol. The van der Waals surface area contributed by atoms with Crippen molar-refractivity contribution in [1.82, 2.24) is 0 Å². The second-order valence-corrected chi connectivity index (χ2v) is 5.67. The Morgan fingerprint density at radius 1 is 1.31 bits per heavy atom. The number of aliphatic hydroxyl groups is 1. The molecule has 4 nitrogen and oxygen atoms in total. The third-order valence-electron chi connectivity index (χ3n) is 2.37. The summed E-state index contributed by atoms with van der Waals surface area (Å²) in [6.07, 6.45) is 1.02. The second-order valence-electron chi connectivity index (χ2n) is 3.37. The summed E-state index contributed by atoms with van der Waals surface area (Å²) in [5.74, 6) is 0.0945. The highest BCUT2D eigenvalue weighted by atomic mass is 32.2. The molecule has 1 fully saturated rings. The van der Waals surface area contributed by atoms with Crippen LogP contribution in [0.2, 0.25) is 0 Å². The molecule has 1 heterocycles. The van der Waals surface area contributed by atoms with Gasteiger partial charge in [-0.1, -0.05) is 0 Å². The molecule has 0 unspecified atom stereocenters. The molecule has 0 bridgehead atoms. The average Bonchev–Trinajstić information content (AvgIpc) is 2.04. The van der Waals surface area contributed by atoms with Crippen molar-refractivity contribution in [2.45, 2.75) is 19.3 Å². The number of carbonyl (C=O) groups is 1. The molecule has 0 aromatic carbocycles. The SMILES string of the molecule is O=C(CCO)C1CCS(=O)(=O)CC1. The van der Waals surface area contributed by atoms with E-state index in [2.05, 4.69) is 0 Å². The van der Waals surface area contributed by atoms with Crippen molar-refractivity contribution in [2.24, 2.45) is 5.92 Å². The number of Topliss-reactive ketones (excluding diaryl/α,β-unsaturated/α-hetero) is 1. The van der Waals surface area contributed by atoms with Gasteiger partial charge in [0, 0.05) is 18.9 Å². The summed E-state index contributed by atoms with van der Waals surface area (Å²) < 4.78 is 22.0. The first-order valence-electron chi connectivity index (χ1n) is 4.39. The highest BCUT2D eigenvalue weighted by Crippen LogP contribution is 2.20. The minimum absolute atomic E-state index is 0.00241. The van der Waals surface area contributed by atoms with Crippen molar-refractivity contribution in [1.29, 1.82) is 0 Å². The average molecular weight is 206 g/mol. The van der Waals surface area contributed by atoms with Crippen molar-refractivity contribution in [3.05, 3.63) is 0 Å². The smallest absolute Gasteiger partial charge is 0.150 e. The normalized spacial score (nSPS) is 22.8. The third-order valence-corrected chi connectivity index (χ3v) is 4.08. The predicted molar refractivity (Wildman–Crippen MR) is 48.1 cm³/mol. The lowest BCUT2D eigenvalue weighted by Crippen LogP contribution is -2.28. The van der Waals surface area contributed by atoms with Crippen LogP contribution in [0.3, 0.4) is 0 Å². The lowest BCUT2D eigenvalue weighted by Gasteiger charge is -2.20. The summed E-state index contributed by atoms with van der Waals surface area (Å²) in [5, 5.41) is 8.53. The summed E-state index contributed by atoms with van der Waals surface area (Å²) >= 11 is 0. The molecule has 1 aliphatic heterocycles. The fourth-order valence-corrected chi connectivity index (χ4v) is 3.02. The Labute approximate surface area is 77.9 Å². The quantitative estimate of drug-likeness (QED) is 0.692. The van der Waals surface area contributed by atoms with Crippen LogP contribution in [0, 0.1) is 5.92 Å². The van der Waals surface area contributed by atoms with Crippen molar-refractivity contribution in [3.8, 4) is 0 Å². The predicted octanol–water partition coefficient (Wildman–Crippen LogP) is -0.237. The Hall–Kier alpha value is -0.420. The zero-order valence-electron chi connectivity index (χ0n) is 7.40. The highest BCUT2D eigenvalue weighted by molar-refractivity contribution is 7.91. The molecule has 0 spiro atoms. The van der Waals surface area contributed by atoms with E-state index in [-0.39, 0.29) is 36.2 Å². The fraction of sp³-hybridized carbons (Fsp3) is 0.875. The number of hydrogen-bond donors (Lipinski definition) is 1. The molecule has 0 aromatic heterocycles. The van der Waals surface area contributed by atoms with Crippen molar-refractivity contribution < 1.29 is 18.3 Å². The minimum atomic E-state index is -2.88. The molecule has 0 aliphatic carbocycles. The summed E-state index contributed by atoms with van der Waals surface area (Å²) in [5.41, 5.74) is 0. The number of aliphatic hydroxyl groups excluding tert-OH is 1. The van der Waals surface area contributed by atoms with E-state index in [1.54, 1.807) is 0 Å². The highest BCUT2D eigenvalue weighted by Gasteiger charge is 2.27. The first-order valence-corrected chi connectivity index (χ1v) is 6.21. The van der Waals surface area contributed by atoms with E-state index in [4.69, 9.17) is 5.11 Å². The Morgan fingerprint density at radius 2 is 1.85 bits per heavy atom. The maximum absolute atomic E-state index is 11.3. The molecule has 0 radical (unpaired) electrons. The number of hydrogen-bond acceptors (Lipinski definition) is 4. The number of carbonyl (C=O) groups excluding carboxylic acids is 1. The fourth-order valence-electron chi connectivity index (χ4n) is 1.53. The van der Waals surface area contributed by atoms with E-state index < -0.39 is 9.84 Å². The third kappa shape index (κ3) is 3.08. The van der Waals surface area contributed by atoms with Crippen molar-refractivity contribution in [2.75, 3.05) is 18.1 Å². The minimum Gasteiger partial charge on any atom is -0.396 e. The lowest BCUT2D eigenvalue weighted by molar-refractivity contribution is -0.123. The van der Waals surface area contributed by atoms with Gasteiger partial charge in [-0.2, -0.15) is 0 Å². The molecule has 1 saturated heterocycles. The van der Waals surface area contributed by atoms with Gasteiger partial charge in [-0.25, -0.2) is 8.42 Å². The van der Waals surface area contributed by atoms with Crippen LogP contribution in [0.15, 0.2) is 0 Å². The van der Waals surface area contributed by atoms with Gasteiger partial charge in [0.1, 0.15) is 15.6 Å². The van der Waals surface area contributed by atoms with E-state index in [0.717, 1.165) is 0 Å². The number of rotatable bonds is 3. The second kappa shape index (κ2) is 4.19. The molecule has 1 rings (SSSR count). The summed E-state index contributed by atoms with van der Waals surface area (Å²) in [7, 11) is -2.88. The molecular formula is C8H14O4S. The Morgan fingerprint density at radius 3 is 2.31 bits per heavy atom. The Kier molecular flexibility index (Phi) is 3.44. The van der Waals surface area contributed by atoms with E-state index >= 15 is 0 Å². The van der Waals surface area contributed by atoms with Gasteiger partial charge >= 0.3 is 0 Å². The molecule has 0 atom stereocenters. The van der Waals surface area contributed by atoms with Gasteiger partial charge < -0.3 is 5.11 Å². The van der Waals surface area contributed by atoms with Crippen LogP contribution >= 0.6 is 0 Å². The van der Waals surface area contributed by atoms with Gasteiger partial charge in [0.05, 0.1) is 11.5 Å². The monoisotopic (exact) mass is 206 g/mol. The molecule has 76 valence electrons. The molecule has 0 saturated carbocycles. The van der Waals surface area contributed by atoms with Crippen LogP contribution in [0.1, 0.15) is 19.3 Å². The number of sulfone groups is 1. The van der Waals surface area contributed by atoms with Gasteiger partial charge in [-0.3, -0.25) is 4.79 Å². The van der Waals surface area contributed by atoms with E-state index in [9.17, 15) is 13.2 Å². The summed E-state index contributed by atoms with van der Waals surface area (Å²) in [6.45, 7) is -0.137. The van der Waals surface area contributed by atoms with Crippen LogP contribution < -0.4 is 0 Å². The molecule has 0 aromatic rings. The van der Waals surface area contributed by atoms with E-state index in [0.29, 0.717) is 12.8 Å². The van der Waals surface area contributed by atoms with Gasteiger partial charge in [0.25, 0.3) is 0 Å². The van der Waals surface area contributed by atoms with Crippen LogP contribution in [0.25, 0.3) is 0 Å². The lowest BCUT2D eigenvalue weighted by atomic mass is 9.96. The number of ketones is 1. The van der Waals surface area contributed by atoms with Gasteiger partial charge in [-0.05, 0) is 12.8 Å². The van der Waals surface area contributed by atoms with Crippen LogP contribution in [0.5, 0.6) is 0 Å². The standard InChI is InChI=1S/C8H14O4S/c9-4-1-8(10)7-2-5-13(11,12)6-3-7/h7,9H,1-6H2. The van der Waals surface area contributed by atoms with E-state index in [1.165, 1.54) is 0 Å². The zero-order chi connectivity index (χ0) is 9.90. The molecule has 1 aliphatic rings. The van der Waals surface area contributed by atoms with Crippen LogP contribution in [0.4, 0.5) is 0 Å². The molecule has 13 heavy (non-hydrogen) atoms. The van der Waals surface area contributed by atoms with Crippen LogP contribution in [-0.4, -0.2) is 37.4 Å². The molecule has 0 amide bonds. The van der Waals surface area contributed by atoms with Gasteiger partial charge in [-0.15, -0.1) is 0 Å². The topological polar surface area (TPSA) is 71.4 Å². The maximum Gasteiger partial charge on any atom is 0.150 e. The first-order chi connectivity index (χ1) is 6.05. The first kappa shape index (κ1) is 10.7. The molecule has 5 heteroatoms. The van der Waals surface area contributed by atoms with Gasteiger partial charge in [0.2, 0.25) is 0 Å². The van der Waals surface area contributed by atoms with Gasteiger partial charge in [0.15, 0.2) is 0 Å². The maximum atomic E-state index is 11.3. The van der Waals surface area contributed by atoms with Crippen LogP contribution in [-0.2, 0) is 14.6 Å². The largest absolute Gasteiger partial charge is 0.396 e. The Balaban J connectivity index is 2.45.